The summed E-state index contributed by atoms with van der Waals surface area (Å²) in [5.41, 5.74) is 0. The Kier molecular flexibility index (Phi) is 114. The first-order valence-electron chi connectivity index (χ1n) is 4.70. The van der Waals surface area contributed by atoms with Crippen molar-refractivity contribution in [1.29, 1.82) is 0 Å². The van der Waals surface area contributed by atoms with E-state index in [4.69, 9.17) is 39.6 Å². The standard InChI is InChI=1S/C3H6.4C2H4O2.2H3N.Na.H/c1-3-2;4*1-2(3)4;;;;/h3H,1H2,2H3;4*1H3,(H,3,4);2*1H3;;. The summed E-state index contributed by atoms with van der Waals surface area (Å²) in [6, 6.07) is 0. The van der Waals surface area contributed by atoms with Crippen LogP contribution in [0.4, 0.5) is 0 Å². The van der Waals surface area contributed by atoms with Gasteiger partial charge in [0.1, 0.15) is 0 Å². The number of hydrogen-bond acceptors (Lipinski definition) is 6. The van der Waals surface area contributed by atoms with Crippen LogP contribution in [0.3, 0.4) is 0 Å². The van der Waals surface area contributed by atoms with Gasteiger partial charge in [0.25, 0.3) is 23.9 Å². The Hall–Kier alpha value is -1.46. The number of rotatable bonds is 0. The van der Waals surface area contributed by atoms with Gasteiger partial charge in [0.2, 0.25) is 0 Å². The van der Waals surface area contributed by atoms with E-state index in [1.807, 2.05) is 6.92 Å². The van der Waals surface area contributed by atoms with E-state index >= 15 is 0 Å². The molecule has 0 saturated carbocycles. The summed E-state index contributed by atoms with van der Waals surface area (Å²) in [5, 5.41) is 29.7. The van der Waals surface area contributed by atoms with E-state index in [1.165, 1.54) is 0 Å². The van der Waals surface area contributed by atoms with Crippen LogP contribution in [-0.2, 0) is 19.2 Å². The second-order valence-corrected chi connectivity index (χ2v) is 2.48. The average molecular weight is 340 g/mol. The summed E-state index contributed by atoms with van der Waals surface area (Å²) in [7, 11) is 0. The van der Waals surface area contributed by atoms with E-state index in [0.29, 0.717) is 0 Å². The molecule has 0 spiro atoms. The van der Waals surface area contributed by atoms with Gasteiger partial charge in [-0.2, -0.15) is 0 Å². The van der Waals surface area contributed by atoms with Crippen molar-refractivity contribution >= 4 is 53.4 Å². The molecule has 10 nitrogen and oxygen atoms in total. The number of carbonyl (C=O) groups is 4. The Bertz CT molecular complexity index is 209. The van der Waals surface area contributed by atoms with Crippen LogP contribution in [-0.4, -0.2) is 73.9 Å². The van der Waals surface area contributed by atoms with Crippen molar-refractivity contribution < 1.29 is 39.6 Å². The second kappa shape index (κ2) is 50.4. The second-order valence-electron chi connectivity index (χ2n) is 2.48. The van der Waals surface area contributed by atoms with Gasteiger partial charge in [-0.1, -0.05) is 6.08 Å². The third-order valence-corrected chi connectivity index (χ3v) is 0. The van der Waals surface area contributed by atoms with Gasteiger partial charge in [-0.3, -0.25) is 19.2 Å². The van der Waals surface area contributed by atoms with Crippen LogP contribution in [0.15, 0.2) is 12.7 Å². The molecule has 0 radical (unpaired) electrons. The van der Waals surface area contributed by atoms with Crippen molar-refractivity contribution in [3.8, 4) is 0 Å². The zero-order valence-electron chi connectivity index (χ0n) is 13.1. The Morgan fingerprint density at radius 2 is 0.682 bits per heavy atom. The fourth-order valence-electron chi connectivity index (χ4n) is 0. The number of aliphatic carboxylic acids is 4. The van der Waals surface area contributed by atoms with Crippen molar-refractivity contribution in [2.75, 3.05) is 0 Å². The van der Waals surface area contributed by atoms with Gasteiger partial charge >= 0.3 is 29.6 Å². The Balaban J connectivity index is -0.0000000180. The van der Waals surface area contributed by atoms with Gasteiger partial charge in [-0.25, -0.2) is 0 Å². The molecule has 0 aromatic carbocycles. The molecule has 0 aromatic heterocycles. The Morgan fingerprint density at radius 1 is 0.682 bits per heavy atom. The number of hydrogen-bond donors (Lipinski definition) is 6. The summed E-state index contributed by atoms with van der Waals surface area (Å²) < 4.78 is 0. The monoisotopic (exact) mass is 340 g/mol. The Labute approximate surface area is 152 Å². The van der Waals surface area contributed by atoms with E-state index in [2.05, 4.69) is 6.58 Å². The van der Waals surface area contributed by atoms with Gasteiger partial charge in [-0.05, 0) is 6.92 Å². The maximum atomic E-state index is 9.00. The molecule has 0 aliphatic carbocycles. The zero-order valence-corrected chi connectivity index (χ0v) is 13.1. The van der Waals surface area contributed by atoms with Gasteiger partial charge in [-0.15, -0.1) is 6.58 Å². The molecule has 0 bridgehead atoms. The molecule has 0 fully saturated rings. The first-order chi connectivity index (χ1) is 8.34. The molecular formula is C11H29N2NaO8. The first kappa shape index (κ1) is 49.9. The van der Waals surface area contributed by atoms with Gasteiger partial charge in [0, 0.05) is 27.7 Å². The minimum absolute atomic E-state index is 0. The molecule has 132 valence electrons. The van der Waals surface area contributed by atoms with Crippen molar-refractivity contribution in [3.63, 3.8) is 0 Å². The molecule has 0 amide bonds. The number of allylic oxidation sites excluding steroid dienone is 1. The van der Waals surface area contributed by atoms with Crippen LogP contribution in [0.1, 0.15) is 34.6 Å². The van der Waals surface area contributed by atoms with Crippen LogP contribution in [0, 0.1) is 0 Å². The molecule has 22 heavy (non-hydrogen) atoms. The number of carboxylic acids is 4. The third kappa shape index (κ3) is 2680. The summed E-state index contributed by atoms with van der Waals surface area (Å²) >= 11 is 0. The van der Waals surface area contributed by atoms with Crippen LogP contribution in [0.5, 0.6) is 0 Å². The van der Waals surface area contributed by atoms with E-state index in [-0.39, 0.29) is 41.9 Å². The molecule has 0 rings (SSSR count). The van der Waals surface area contributed by atoms with Gasteiger partial charge in [0.15, 0.2) is 0 Å². The molecule has 0 aromatic rings. The normalized spacial score (nSPS) is 5.14. The fraction of sp³-hybridized carbons (Fsp3) is 0.455. The van der Waals surface area contributed by atoms with E-state index in [9.17, 15) is 0 Å². The predicted molar refractivity (Wildman–Crippen MR) is 86.3 cm³/mol. The van der Waals surface area contributed by atoms with E-state index < -0.39 is 23.9 Å². The van der Waals surface area contributed by atoms with Gasteiger partial charge in [0.05, 0.1) is 0 Å². The molecule has 0 aliphatic rings. The van der Waals surface area contributed by atoms with Crippen LogP contribution in [0.2, 0.25) is 0 Å². The van der Waals surface area contributed by atoms with Gasteiger partial charge < -0.3 is 32.7 Å². The molecule has 0 unspecified atom stereocenters. The zero-order chi connectivity index (χ0) is 17.0. The summed E-state index contributed by atoms with van der Waals surface area (Å²) in [6.07, 6.45) is 1.75. The SMILES string of the molecule is C=CC.CC(=O)O.CC(=O)O.CC(=O)O.CC(=O)O.N.N.[NaH]. The van der Waals surface area contributed by atoms with Crippen LogP contribution >= 0.6 is 0 Å². The summed E-state index contributed by atoms with van der Waals surface area (Å²) in [5.74, 6) is -3.33. The van der Waals surface area contributed by atoms with Crippen molar-refractivity contribution in [1.82, 2.24) is 12.3 Å². The third-order valence-electron chi connectivity index (χ3n) is 0. The predicted octanol–water partition coefficient (Wildman–Crippen LogP) is 1.23. The van der Waals surface area contributed by atoms with Crippen LogP contribution < -0.4 is 12.3 Å². The maximum absolute atomic E-state index is 9.00. The van der Waals surface area contributed by atoms with Crippen molar-refractivity contribution in [2.45, 2.75) is 34.6 Å². The van der Waals surface area contributed by atoms with Crippen molar-refractivity contribution in [2.24, 2.45) is 0 Å². The molecule has 0 saturated heterocycles. The average Bonchev–Trinajstić information content (AvgIpc) is 1.97. The fourth-order valence-corrected chi connectivity index (χ4v) is 0. The van der Waals surface area contributed by atoms with Crippen molar-refractivity contribution in [3.05, 3.63) is 12.7 Å². The summed E-state index contributed by atoms with van der Waals surface area (Å²) in [6.45, 7) is 9.58. The quantitative estimate of drug-likeness (QED) is 0.273. The molecule has 10 N–H and O–H groups in total. The molecule has 0 heterocycles. The first-order valence-corrected chi connectivity index (χ1v) is 4.70. The van der Waals surface area contributed by atoms with E-state index in [0.717, 1.165) is 27.7 Å². The molecular weight excluding hydrogens is 311 g/mol. The Morgan fingerprint density at radius 3 is 0.682 bits per heavy atom. The topological polar surface area (TPSA) is 219 Å². The number of carboxylic acid groups (broad SMARTS) is 4. The van der Waals surface area contributed by atoms with Crippen LogP contribution in [0.25, 0.3) is 0 Å². The summed E-state index contributed by atoms with van der Waals surface area (Å²) in [4.78, 5) is 36.0. The molecule has 0 aliphatic heterocycles. The molecule has 0 atom stereocenters. The minimum atomic E-state index is -0.833. The van der Waals surface area contributed by atoms with E-state index in [1.54, 1.807) is 6.08 Å². The molecule has 11 heteroatoms.